The third-order valence-corrected chi connectivity index (χ3v) is 13.7. The van der Waals surface area contributed by atoms with Crippen LogP contribution in [0.2, 0.25) is 18.1 Å². The Kier molecular flexibility index (Phi) is 10.7. The maximum atomic E-state index is 11.6. The molecule has 2 heterocycles. The summed E-state index contributed by atoms with van der Waals surface area (Å²) in [6.07, 6.45) is 10.0. The van der Waals surface area contributed by atoms with Crippen molar-refractivity contribution in [2.24, 2.45) is 23.7 Å². The SMILES string of the molecule is CCCC(CCC1CC[C@@H]2[C@@H](CO[Si](C)(C)C(C)(C)C)[C@H](OC3CCCCO3)C[C@@H]2OC1)C(=O)O. The quantitative estimate of drug-likeness (QED) is 0.313. The van der Waals surface area contributed by atoms with Crippen LogP contribution in [0.5, 0.6) is 0 Å². The molecule has 35 heavy (non-hydrogen) atoms. The van der Waals surface area contributed by atoms with E-state index in [9.17, 15) is 9.90 Å². The van der Waals surface area contributed by atoms with E-state index in [1.165, 1.54) is 6.42 Å². The molecule has 1 N–H and O–H groups in total. The predicted molar refractivity (Wildman–Crippen MR) is 141 cm³/mol. The molecule has 0 aromatic heterocycles. The molecule has 3 rings (SSSR count). The summed E-state index contributed by atoms with van der Waals surface area (Å²) in [6, 6.07) is 0. The summed E-state index contributed by atoms with van der Waals surface area (Å²) in [7, 11) is -1.86. The summed E-state index contributed by atoms with van der Waals surface area (Å²) in [5, 5.41) is 9.71. The van der Waals surface area contributed by atoms with Crippen LogP contribution in [0.15, 0.2) is 0 Å². The molecule has 7 heteroatoms. The molecule has 7 atom stereocenters. The first kappa shape index (κ1) is 29.1. The second-order valence-electron chi connectivity index (χ2n) is 12.8. The largest absolute Gasteiger partial charge is 0.481 e. The number of ether oxygens (including phenoxy) is 3. The molecule has 0 bridgehead atoms. The van der Waals surface area contributed by atoms with Gasteiger partial charge in [-0.25, -0.2) is 0 Å². The van der Waals surface area contributed by atoms with Crippen LogP contribution in [0.4, 0.5) is 0 Å². The molecule has 0 spiro atoms. The average molecular weight is 513 g/mol. The molecule has 0 amide bonds. The summed E-state index contributed by atoms with van der Waals surface area (Å²) in [4.78, 5) is 11.6. The van der Waals surface area contributed by atoms with Gasteiger partial charge in [-0.1, -0.05) is 34.1 Å². The van der Waals surface area contributed by atoms with E-state index >= 15 is 0 Å². The van der Waals surface area contributed by atoms with Gasteiger partial charge >= 0.3 is 5.97 Å². The van der Waals surface area contributed by atoms with Crippen LogP contribution in [0, 0.1) is 23.7 Å². The van der Waals surface area contributed by atoms with E-state index in [-0.39, 0.29) is 29.5 Å². The minimum Gasteiger partial charge on any atom is -0.481 e. The van der Waals surface area contributed by atoms with Crippen LogP contribution in [-0.2, 0) is 23.4 Å². The van der Waals surface area contributed by atoms with Crippen molar-refractivity contribution >= 4 is 14.3 Å². The van der Waals surface area contributed by atoms with Crippen molar-refractivity contribution in [2.45, 2.75) is 129 Å². The number of rotatable bonds is 11. The van der Waals surface area contributed by atoms with Crippen LogP contribution >= 0.6 is 0 Å². The fourth-order valence-electron chi connectivity index (χ4n) is 5.82. The lowest BCUT2D eigenvalue weighted by molar-refractivity contribution is -0.198. The average Bonchev–Trinajstić information content (AvgIpc) is 2.98. The van der Waals surface area contributed by atoms with Crippen molar-refractivity contribution in [3.8, 4) is 0 Å². The monoisotopic (exact) mass is 512 g/mol. The second kappa shape index (κ2) is 12.9. The summed E-state index contributed by atoms with van der Waals surface area (Å²) in [5.74, 6) is 0.338. The van der Waals surface area contributed by atoms with Gasteiger partial charge in [0.2, 0.25) is 0 Å². The first-order chi connectivity index (χ1) is 16.5. The lowest BCUT2D eigenvalue weighted by atomic mass is 9.86. The van der Waals surface area contributed by atoms with Gasteiger partial charge in [0.05, 0.1) is 18.1 Å². The third kappa shape index (κ3) is 8.00. The Morgan fingerprint density at radius 1 is 1.11 bits per heavy atom. The van der Waals surface area contributed by atoms with Crippen molar-refractivity contribution in [2.75, 3.05) is 19.8 Å². The van der Waals surface area contributed by atoms with E-state index < -0.39 is 14.3 Å². The fourth-order valence-corrected chi connectivity index (χ4v) is 6.86. The second-order valence-corrected chi connectivity index (χ2v) is 17.6. The number of carboxylic acid groups (broad SMARTS) is 1. The number of aliphatic carboxylic acids is 1. The van der Waals surface area contributed by atoms with E-state index in [4.69, 9.17) is 18.6 Å². The molecule has 2 saturated heterocycles. The Morgan fingerprint density at radius 3 is 2.51 bits per heavy atom. The molecule has 0 radical (unpaired) electrons. The van der Waals surface area contributed by atoms with Crippen LogP contribution in [0.25, 0.3) is 0 Å². The van der Waals surface area contributed by atoms with Gasteiger partial charge in [0.15, 0.2) is 14.6 Å². The van der Waals surface area contributed by atoms with Gasteiger partial charge in [-0.15, -0.1) is 0 Å². The number of carboxylic acids is 1. The van der Waals surface area contributed by atoms with E-state index in [0.717, 1.165) is 77.6 Å². The molecule has 3 unspecified atom stereocenters. The lowest BCUT2D eigenvalue weighted by Crippen LogP contribution is -2.44. The van der Waals surface area contributed by atoms with Gasteiger partial charge in [0.1, 0.15) is 0 Å². The molecule has 1 saturated carbocycles. The normalized spacial score (nSPS) is 33.2. The molecular weight excluding hydrogens is 460 g/mol. The molecule has 3 aliphatic rings. The Balaban J connectivity index is 1.63. The zero-order valence-electron chi connectivity index (χ0n) is 23.2. The number of hydrogen-bond donors (Lipinski definition) is 1. The highest BCUT2D eigenvalue weighted by molar-refractivity contribution is 6.74. The highest BCUT2D eigenvalue weighted by Crippen LogP contribution is 2.45. The molecule has 1 aliphatic carbocycles. The zero-order valence-corrected chi connectivity index (χ0v) is 24.2. The molecule has 0 aromatic rings. The van der Waals surface area contributed by atoms with E-state index in [1.54, 1.807) is 0 Å². The van der Waals surface area contributed by atoms with Crippen molar-refractivity contribution in [3.05, 3.63) is 0 Å². The Hall–Kier alpha value is -0.473. The summed E-state index contributed by atoms with van der Waals surface area (Å²) < 4.78 is 25.8. The standard InChI is InChI=1S/C28H52O6Si/c1-7-10-21(27(29)30)14-12-20-13-15-22-23(19-33-35(5,6)28(2,3)4)25(17-24(22)32-18-20)34-26-11-8-9-16-31-26/h20-26H,7-19H2,1-6H3,(H,29,30)/t20?,21?,22-,23-,24+,25-,26?/m1/s1. The smallest absolute Gasteiger partial charge is 0.306 e. The van der Waals surface area contributed by atoms with Crippen molar-refractivity contribution < 1.29 is 28.5 Å². The summed E-state index contributed by atoms with van der Waals surface area (Å²) in [5.41, 5.74) is 0. The van der Waals surface area contributed by atoms with Gasteiger partial charge in [-0.2, -0.15) is 0 Å². The first-order valence-corrected chi connectivity index (χ1v) is 17.2. The minimum absolute atomic E-state index is 0.0919. The Morgan fingerprint density at radius 2 is 1.89 bits per heavy atom. The van der Waals surface area contributed by atoms with Crippen LogP contribution in [-0.4, -0.2) is 57.7 Å². The van der Waals surface area contributed by atoms with Gasteiger partial charge in [-0.3, -0.25) is 4.79 Å². The molecule has 2 aliphatic heterocycles. The number of fused-ring (bicyclic) bond motifs is 1. The minimum atomic E-state index is -1.86. The Labute approximate surface area is 214 Å². The predicted octanol–water partition coefficient (Wildman–Crippen LogP) is 6.63. The van der Waals surface area contributed by atoms with Crippen LogP contribution in [0.3, 0.4) is 0 Å². The first-order valence-electron chi connectivity index (χ1n) is 14.3. The third-order valence-electron chi connectivity index (χ3n) is 9.24. The van der Waals surface area contributed by atoms with Crippen molar-refractivity contribution in [1.82, 2.24) is 0 Å². The molecular formula is C28H52O6Si. The van der Waals surface area contributed by atoms with Crippen molar-refractivity contribution in [3.63, 3.8) is 0 Å². The van der Waals surface area contributed by atoms with Gasteiger partial charge in [-0.05, 0) is 81.3 Å². The van der Waals surface area contributed by atoms with Crippen molar-refractivity contribution in [1.29, 1.82) is 0 Å². The van der Waals surface area contributed by atoms with E-state index in [0.29, 0.717) is 17.8 Å². The topological polar surface area (TPSA) is 74.2 Å². The summed E-state index contributed by atoms with van der Waals surface area (Å²) in [6.45, 7) is 15.9. The summed E-state index contributed by atoms with van der Waals surface area (Å²) >= 11 is 0. The maximum Gasteiger partial charge on any atom is 0.306 e. The van der Waals surface area contributed by atoms with Gasteiger partial charge in [0, 0.05) is 32.2 Å². The van der Waals surface area contributed by atoms with Gasteiger partial charge < -0.3 is 23.7 Å². The Bertz CT molecular complexity index is 656. The molecule has 0 aromatic carbocycles. The number of hydrogen-bond acceptors (Lipinski definition) is 5. The highest BCUT2D eigenvalue weighted by atomic mass is 28.4. The van der Waals surface area contributed by atoms with Crippen LogP contribution < -0.4 is 0 Å². The lowest BCUT2D eigenvalue weighted by Gasteiger charge is -2.38. The van der Waals surface area contributed by atoms with Crippen LogP contribution in [0.1, 0.15) is 91.9 Å². The number of carbonyl (C=O) groups is 1. The maximum absolute atomic E-state index is 11.6. The molecule has 3 fully saturated rings. The van der Waals surface area contributed by atoms with E-state index in [1.807, 2.05) is 0 Å². The zero-order chi connectivity index (χ0) is 25.6. The molecule has 6 nitrogen and oxygen atoms in total. The highest BCUT2D eigenvalue weighted by Gasteiger charge is 2.48. The van der Waals surface area contributed by atoms with Gasteiger partial charge in [0.25, 0.3) is 0 Å². The molecule has 204 valence electrons. The van der Waals surface area contributed by atoms with E-state index in [2.05, 4.69) is 40.8 Å². The fraction of sp³-hybridized carbons (Fsp3) is 0.964.